The van der Waals surface area contributed by atoms with E-state index in [1.165, 1.54) is 0 Å². The molecule has 0 aliphatic heterocycles. The van der Waals surface area contributed by atoms with E-state index in [-0.39, 0.29) is 5.56 Å². The van der Waals surface area contributed by atoms with E-state index in [9.17, 15) is 4.79 Å². The molecule has 3 rings (SSSR count). The Balaban J connectivity index is 1.90. The van der Waals surface area contributed by atoms with Gasteiger partial charge in [0.25, 0.3) is 5.56 Å². The fourth-order valence-corrected chi connectivity index (χ4v) is 2.43. The van der Waals surface area contributed by atoms with Crippen LogP contribution in [0.2, 0.25) is 0 Å². The number of aromatic nitrogens is 2. The maximum atomic E-state index is 12.5. The first-order valence-electron chi connectivity index (χ1n) is 7.42. The van der Waals surface area contributed by atoms with Crippen LogP contribution in [-0.4, -0.2) is 23.3 Å². The molecule has 2 heterocycles. The maximum absolute atomic E-state index is 12.5. The number of nitrogens with zero attached hydrogens (tertiary/aromatic N) is 2. The molecule has 0 amide bonds. The van der Waals surface area contributed by atoms with Crippen molar-refractivity contribution in [3.63, 3.8) is 0 Å². The summed E-state index contributed by atoms with van der Waals surface area (Å²) in [6, 6.07) is 11.3. The normalized spacial score (nSPS) is 10.8. The lowest BCUT2D eigenvalue weighted by Gasteiger charge is -2.11. The van der Waals surface area contributed by atoms with Gasteiger partial charge in [0.1, 0.15) is 12.4 Å². The van der Waals surface area contributed by atoms with Crippen LogP contribution in [0.4, 0.5) is 0 Å². The first kappa shape index (κ1) is 15.2. The Hall–Kier alpha value is -2.66. The molecule has 1 aromatic carbocycles. The van der Waals surface area contributed by atoms with Gasteiger partial charge in [-0.15, -0.1) is 0 Å². The first-order chi connectivity index (χ1) is 11.3. The third-order valence-electron chi connectivity index (χ3n) is 3.63. The van der Waals surface area contributed by atoms with Crippen LogP contribution in [0.3, 0.4) is 0 Å². The van der Waals surface area contributed by atoms with Crippen LogP contribution in [-0.2, 0) is 17.9 Å². The molecule has 0 fully saturated rings. The lowest BCUT2D eigenvalue weighted by molar-refractivity contribution is 0.186. The molecule has 118 valence electrons. The number of fused-ring (bicyclic) bond motifs is 1. The van der Waals surface area contributed by atoms with Gasteiger partial charge in [-0.05, 0) is 24.3 Å². The minimum absolute atomic E-state index is 0.0358. The SMILES string of the molecule is COCCn1ccc2c(OCc3cccnc3)cccc2c1=O. The molecule has 5 nitrogen and oxygen atoms in total. The lowest BCUT2D eigenvalue weighted by Crippen LogP contribution is -2.21. The van der Waals surface area contributed by atoms with Crippen LogP contribution in [0.15, 0.2) is 59.8 Å². The summed E-state index contributed by atoms with van der Waals surface area (Å²) < 4.78 is 12.6. The molecule has 0 saturated heterocycles. The second-order valence-electron chi connectivity index (χ2n) is 5.17. The van der Waals surface area contributed by atoms with Crippen molar-refractivity contribution >= 4 is 10.8 Å². The molecule has 0 N–H and O–H groups in total. The van der Waals surface area contributed by atoms with E-state index in [0.717, 1.165) is 10.9 Å². The van der Waals surface area contributed by atoms with Crippen molar-refractivity contribution in [3.8, 4) is 5.75 Å². The Bertz CT molecular complexity index is 844. The number of hydrogen-bond donors (Lipinski definition) is 0. The van der Waals surface area contributed by atoms with Gasteiger partial charge in [-0.2, -0.15) is 0 Å². The average Bonchev–Trinajstić information content (AvgIpc) is 2.60. The minimum atomic E-state index is -0.0358. The Morgan fingerprint density at radius 2 is 2.04 bits per heavy atom. The number of ether oxygens (including phenoxy) is 2. The third-order valence-corrected chi connectivity index (χ3v) is 3.63. The second kappa shape index (κ2) is 7.07. The summed E-state index contributed by atoms with van der Waals surface area (Å²) in [5.41, 5.74) is 0.948. The molecule has 5 heteroatoms. The molecule has 0 aliphatic rings. The van der Waals surface area contributed by atoms with Crippen molar-refractivity contribution in [2.24, 2.45) is 0 Å². The number of benzene rings is 1. The van der Waals surface area contributed by atoms with Gasteiger partial charge in [-0.25, -0.2) is 0 Å². The fourth-order valence-electron chi connectivity index (χ4n) is 2.43. The molecular formula is C18H18N2O3. The predicted octanol–water partition coefficient (Wildman–Crippen LogP) is 2.62. The molecule has 0 saturated carbocycles. The van der Waals surface area contributed by atoms with Gasteiger partial charge < -0.3 is 14.0 Å². The van der Waals surface area contributed by atoms with Crippen molar-refractivity contribution in [2.75, 3.05) is 13.7 Å². The van der Waals surface area contributed by atoms with Gasteiger partial charge in [0.15, 0.2) is 0 Å². The summed E-state index contributed by atoms with van der Waals surface area (Å²) in [4.78, 5) is 16.6. The Labute approximate surface area is 134 Å². The van der Waals surface area contributed by atoms with Gasteiger partial charge >= 0.3 is 0 Å². The van der Waals surface area contributed by atoms with Crippen LogP contribution >= 0.6 is 0 Å². The van der Waals surface area contributed by atoms with Crippen molar-refractivity contribution in [1.29, 1.82) is 0 Å². The molecule has 0 atom stereocenters. The van der Waals surface area contributed by atoms with Crippen LogP contribution in [0, 0.1) is 0 Å². The predicted molar refractivity (Wildman–Crippen MR) is 88.7 cm³/mol. The molecule has 0 radical (unpaired) electrons. The second-order valence-corrected chi connectivity index (χ2v) is 5.17. The molecule has 0 aliphatic carbocycles. The van der Waals surface area contributed by atoms with Gasteiger partial charge in [0.05, 0.1) is 12.0 Å². The standard InChI is InChI=1S/C18H18N2O3/c1-22-11-10-20-9-7-15-16(18(20)21)5-2-6-17(15)23-13-14-4-3-8-19-12-14/h2-9,12H,10-11,13H2,1H3. The van der Waals surface area contributed by atoms with E-state index in [0.29, 0.717) is 30.9 Å². The van der Waals surface area contributed by atoms with E-state index in [1.807, 2.05) is 36.4 Å². The molecule has 2 aromatic heterocycles. The Kier molecular flexibility index (Phi) is 4.68. The Morgan fingerprint density at radius 3 is 2.83 bits per heavy atom. The molecule has 0 bridgehead atoms. The smallest absolute Gasteiger partial charge is 0.258 e. The van der Waals surface area contributed by atoms with E-state index in [1.54, 1.807) is 30.3 Å². The summed E-state index contributed by atoms with van der Waals surface area (Å²) in [5.74, 6) is 0.697. The summed E-state index contributed by atoms with van der Waals surface area (Å²) in [6.07, 6.45) is 5.27. The topological polar surface area (TPSA) is 53.4 Å². The van der Waals surface area contributed by atoms with Gasteiger partial charge in [0.2, 0.25) is 0 Å². The first-order valence-corrected chi connectivity index (χ1v) is 7.42. The molecule has 3 aromatic rings. The number of methoxy groups -OCH3 is 1. The summed E-state index contributed by atoms with van der Waals surface area (Å²) >= 11 is 0. The van der Waals surface area contributed by atoms with Gasteiger partial charge in [-0.3, -0.25) is 9.78 Å². The summed E-state index contributed by atoms with van der Waals surface area (Å²) in [7, 11) is 1.62. The minimum Gasteiger partial charge on any atom is -0.488 e. The highest BCUT2D eigenvalue weighted by molar-refractivity contribution is 5.87. The number of rotatable bonds is 6. The van der Waals surface area contributed by atoms with Gasteiger partial charge in [0, 0.05) is 43.2 Å². The average molecular weight is 310 g/mol. The van der Waals surface area contributed by atoms with Crippen molar-refractivity contribution in [3.05, 3.63) is 70.9 Å². The Morgan fingerprint density at radius 1 is 1.13 bits per heavy atom. The highest BCUT2D eigenvalue weighted by Crippen LogP contribution is 2.24. The molecular weight excluding hydrogens is 292 g/mol. The van der Waals surface area contributed by atoms with E-state index < -0.39 is 0 Å². The van der Waals surface area contributed by atoms with Crippen molar-refractivity contribution in [1.82, 2.24) is 9.55 Å². The zero-order valence-electron chi connectivity index (χ0n) is 12.9. The largest absolute Gasteiger partial charge is 0.488 e. The van der Waals surface area contributed by atoms with Crippen LogP contribution < -0.4 is 10.3 Å². The molecule has 0 unspecified atom stereocenters. The van der Waals surface area contributed by atoms with Crippen LogP contribution in [0.1, 0.15) is 5.56 Å². The van der Waals surface area contributed by atoms with Crippen LogP contribution in [0.25, 0.3) is 10.8 Å². The number of hydrogen-bond acceptors (Lipinski definition) is 4. The third kappa shape index (κ3) is 3.40. The summed E-state index contributed by atoms with van der Waals surface area (Å²) in [6.45, 7) is 1.45. The maximum Gasteiger partial charge on any atom is 0.258 e. The zero-order chi connectivity index (χ0) is 16.1. The molecule has 0 spiro atoms. The van der Waals surface area contributed by atoms with Crippen molar-refractivity contribution in [2.45, 2.75) is 13.2 Å². The highest BCUT2D eigenvalue weighted by atomic mass is 16.5. The van der Waals surface area contributed by atoms with E-state index in [4.69, 9.17) is 9.47 Å². The lowest BCUT2D eigenvalue weighted by atomic mass is 10.1. The number of pyridine rings is 2. The van der Waals surface area contributed by atoms with E-state index >= 15 is 0 Å². The highest BCUT2D eigenvalue weighted by Gasteiger charge is 2.07. The fraction of sp³-hybridized carbons (Fsp3) is 0.222. The quantitative estimate of drug-likeness (QED) is 0.702. The monoisotopic (exact) mass is 310 g/mol. The zero-order valence-corrected chi connectivity index (χ0v) is 12.9. The molecule has 23 heavy (non-hydrogen) atoms. The van der Waals surface area contributed by atoms with Crippen molar-refractivity contribution < 1.29 is 9.47 Å². The van der Waals surface area contributed by atoms with Gasteiger partial charge in [-0.1, -0.05) is 12.1 Å². The van der Waals surface area contributed by atoms with E-state index in [2.05, 4.69) is 4.98 Å². The summed E-state index contributed by atoms with van der Waals surface area (Å²) in [5, 5.41) is 1.46. The van der Waals surface area contributed by atoms with Crippen LogP contribution in [0.5, 0.6) is 5.75 Å².